The van der Waals surface area contributed by atoms with Crippen molar-refractivity contribution in [2.75, 3.05) is 24.6 Å². The quantitative estimate of drug-likeness (QED) is 0.749. The van der Waals surface area contributed by atoms with Crippen molar-refractivity contribution < 1.29 is 9.53 Å². The number of rotatable bonds is 3. The van der Waals surface area contributed by atoms with E-state index in [9.17, 15) is 4.79 Å². The minimum Gasteiger partial charge on any atom is -0.375 e. The SMILES string of the molecule is CCC1CN(c2ccc(C(C)=O)cn2)CCO1. The van der Waals surface area contributed by atoms with E-state index in [-0.39, 0.29) is 11.9 Å². The fourth-order valence-corrected chi connectivity index (χ4v) is 1.96. The molecule has 4 heteroatoms. The maximum absolute atomic E-state index is 11.2. The van der Waals surface area contributed by atoms with Crippen LogP contribution in [0, 0.1) is 0 Å². The molecule has 4 nitrogen and oxygen atoms in total. The minimum absolute atomic E-state index is 0.0532. The van der Waals surface area contributed by atoms with Crippen molar-refractivity contribution in [2.24, 2.45) is 0 Å². The highest BCUT2D eigenvalue weighted by Crippen LogP contribution is 2.16. The lowest BCUT2D eigenvalue weighted by molar-refractivity contribution is 0.0381. The molecule has 1 aliphatic heterocycles. The van der Waals surface area contributed by atoms with Crippen molar-refractivity contribution in [3.8, 4) is 0 Å². The summed E-state index contributed by atoms with van der Waals surface area (Å²) in [5.41, 5.74) is 0.661. The van der Waals surface area contributed by atoms with Gasteiger partial charge in [0.05, 0.1) is 12.7 Å². The summed E-state index contributed by atoms with van der Waals surface area (Å²) in [5, 5.41) is 0. The molecule has 2 heterocycles. The maximum Gasteiger partial charge on any atom is 0.161 e. The first kappa shape index (κ1) is 12.0. The van der Waals surface area contributed by atoms with E-state index >= 15 is 0 Å². The van der Waals surface area contributed by atoms with Crippen molar-refractivity contribution in [1.29, 1.82) is 0 Å². The zero-order chi connectivity index (χ0) is 12.3. The first-order valence-corrected chi connectivity index (χ1v) is 6.04. The number of hydrogen-bond donors (Lipinski definition) is 0. The Hall–Kier alpha value is -1.42. The average Bonchev–Trinajstić information content (AvgIpc) is 2.39. The van der Waals surface area contributed by atoms with Crippen LogP contribution < -0.4 is 4.90 Å². The van der Waals surface area contributed by atoms with Crippen LogP contribution in [0.1, 0.15) is 30.6 Å². The molecule has 0 spiro atoms. The Morgan fingerprint density at radius 1 is 1.59 bits per heavy atom. The molecular weight excluding hydrogens is 216 g/mol. The normalized spacial score (nSPS) is 20.4. The number of anilines is 1. The Morgan fingerprint density at radius 3 is 3.00 bits per heavy atom. The minimum atomic E-state index is 0.0532. The average molecular weight is 234 g/mol. The number of aromatic nitrogens is 1. The van der Waals surface area contributed by atoms with E-state index in [4.69, 9.17) is 4.74 Å². The lowest BCUT2D eigenvalue weighted by atomic mass is 10.2. The number of carbonyl (C=O) groups is 1. The van der Waals surface area contributed by atoms with E-state index in [0.29, 0.717) is 5.56 Å². The van der Waals surface area contributed by atoms with Gasteiger partial charge in [-0.2, -0.15) is 0 Å². The number of hydrogen-bond acceptors (Lipinski definition) is 4. The summed E-state index contributed by atoms with van der Waals surface area (Å²) >= 11 is 0. The fourth-order valence-electron chi connectivity index (χ4n) is 1.96. The molecule has 1 atom stereocenters. The van der Waals surface area contributed by atoms with Gasteiger partial charge in [-0.25, -0.2) is 4.98 Å². The second-order valence-corrected chi connectivity index (χ2v) is 4.31. The fraction of sp³-hybridized carbons (Fsp3) is 0.538. The molecule has 0 N–H and O–H groups in total. The van der Waals surface area contributed by atoms with Crippen LogP contribution in [0.15, 0.2) is 18.3 Å². The van der Waals surface area contributed by atoms with Crippen LogP contribution in [0.2, 0.25) is 0 Å². The van der Waals surface area contributed by atoms with Gasteiger partial charge in [0.2, 0.25) is 0 Å². The molecule has 1 unspecified atom stereocenters. The highest BCUT2D eigenvalue weighted by Gasteiger charge is 2.19. The molecule has 1 aromatic heterocycles. The zero-order valence-electron chi connectivity index (χ0n) is 10.3. The summed E-state index contributed by atoms with van der Waals surface area (Å²) in [7, 11) is 0. The second-order valence-electron chi connectivity index (χ2n) is 4.31. The lowest BCUT2D eigenvalue weighted by Gasteiger charge is -2.33. The lowest BCUT2D eigenvalue weighted by Crippen LogP contribution is -2.42. The molecule has 0 radical (unpaired) electrons. The van der Waals surface area contributed by atoms with Crippen LogP contribution in [-0.2, 0) is 4.74 Å². The summed E-state index contributed by atoms with van der Waals surface area (Å²) < 4.78 is 5.62. The Labute approximate surface area is 102 Å². The summed E-state index contributed by atoms with van der Waals surface area (Å²) in [6, 6.07) is 3.75. The Kier molecular flexibility index (Phi) is 3.74. The van der Waals surface area contributed by atoms with Crippen molar-refractivity contribution in [3.63, 3.8) is 0 Å². The van der Waals surface area contributed by atoms with Gasteiger partial charge >= 0.3 is 0 Å². The molecular formula is C13H18N2O2. The van der Waals surface area contributed by atoms with Crippen molar-refractivity contribution in [1.82, 2.24) is 4.98 Å². The first-order chi connectivity index (χ1) is 8.20. The smallest absolute Gasteiger partial charge is 0.161 e. The molecule has 1 saturated heterocycles. The van der Waals surface area contributed by atoms with Crippen LogP contribution in [0.3, 0.4) is 0 Å². The number of pyridine rings is 1. The third kappa shape index (κ3) is 2.82. The molecule has 1 aliphatic rings. The number of nitrogens with zero attached hydrogens (tertiary/aromatic N) is 2. The van der Waals surface area contributed by atoms with Crippen LogP contribution in [-0.4, -0.2) is 36.6 Å². The van der Waals surface area contributed by atoms with Gasteiger partial charge in [0.1, 0.15) is 5.82 Å². The van der Waals surface area contributed by atoms with E-state index in [2.05, 4.69) is 16.8 Å². The van der Waals surface area contributed by atoms with Gasteiger partial charge in [-0.05, 0) is 25.5 Å². The number of ketones is 1. The van der Waals surface area contributed by atoms with Gasteiger partial charge in [-0.3, -0.25) is 4.79 Å². The summed E-state index contributed by atoms with van der Waals surface area (Å²) in [4.78, 5) is 17.7. The van der Waals surface area contributed by atoms with E-state index in [1.807, 2.05) is 12.1 Å². The molecule has 0 amide bonds. The summed E-state index contributed by atoms with van der Waals surface area (Å²) in [6.45, 7) is 6.17. The second kappa shape index (κ2) is 5.27. The van der Waals surface area contributed by atoms with Gasteiger partial charge in [-0.15, -0.1) is 0 Å². The zero-order valence-corrected chi connectivity index (χ0v) is 10.3. The third-order valence-electron chi connectivity index (χ3n) is 3.07. The molecule has 0 bridgehead atoms. The van der Waals surface area contributed by atoms with Crippen molar-refractivity contribution >= 4 is 11.6 Å². The van der Waals surface area contributed by atoms with Crippen LogP contribution in [0.25, 0.3) is 0 Å². The number of ether oxygens (including phenoxy) is 1. The predicted octanol–water partition coefficient (Wildman–Crippen LogP) is 1.90. The molecule has 92 valence electrons. The summed E-state index contributed by atoms with van der Waals surface area (Å²) in [6.07, 6.45) is 2.95. The monoisotopic (exact) mass is 234 g/mol. The molecule has 0 aromatic carbocycles. The van der Waals surface area contributed by atoms with Gasteiger partial charge in [-0.1, -0.05) is 6.92 Å². The Balaban J connectivity index is 2.08. The van der Waals surface area contributed by atoms with E-state index in [1.165, 1.54) is 0 Å². The number of Topliss-reactive ketones (excluding diaryl/α,β-unsaturated/α-hetero) is 1. The van der Waals surface area contributed by atoms with E-state index in [1.54, 1.807) is 13.1 Å². The first-order valence-electron chi connectivity index (χ1n) is 6.04. The van der Waals surface area contributed by atoms with E-state index in [0.717, 1.165) is 31.9 Å². The standard InChI is InChI=1S/C13H18N2O2/c1-3-12-9-15(6-7-17-12)13-5-4-11(8-14-13)10(2)16/h4-5,8,12H,3,6-7,9H2,1-2H3. The Bertz CT molecular complexity index is 389. The van der Waals surface area contributed by atoms with Gasteiger partial charge in [0.25, 0.3) is 0 Å². The van der Waals surface area contributed by atoms with Crippen LogP contribution in [0.5, 0.6) is 0 Å². The topological polar surface area (TPSA) is 42.4 Å². The molecule has 2 rings (SSSR count). The van der Waals surface area contributed by atoms with Crippen LogP contribution >= 0.6 is 0 Å². The largest absolute Gasteiger partial charge is 0.375 e. The van der Waals surface area contributed by atoms with Crippen molar-refractivity contribution in [3.05, 3.63) is 23.9 Å². The van der Waals surface area contributed by atoms with E-state index < -0.39 is 0 Å². The maximum atomic E-state index is 11.2. The number of carbonyl (C=O) groups excluding carboxylic acids is 1. The number of morpholine rings is 1. The molecule has 1 aromatic rings. The summed E-state index contributed by atoms with van der Waals surface area (Å²) in [5.74, 6) is 0.981. The Morgan fingerprint density at radius 2 is 2.41 bits per heavy atom. The highest BCUT2D eigenvalue weighted by atomic mass is 16.5. The van der Waals surface area contributed by atoms with Gasteiger partial charge in [0, 0.05) is 24.8 Å². The third-order valence-corrected chi connectivity index (χ3v) is 3.07. The van der Waals surface area contributed by atoms with Crippen molar-refractivity contribution in [2.45, 2.75) is 26.4 Å². The molecule has 0 saturated carbocycles. The van der Waals surface area contributed by atoms with Gasteiger partial charge in [0.15, 0.2) is 5.78 Å². The molecule has 17 heavy (non-hydrogen) atoms. The molecule has 0 aliphatic carbocycles. The van der Waals surface area contributed by atoms with Gasteiger partial charge < -0.3 is 9.64 Å². The predicted molar refractivity (Wildman–Crippen MR) is 66.5 cm³/mol. The van der Waals surface area contributed by atoms with Crippen LogP contribution in [0.4, 0.5) is 5.82 Å². The molecule has 1 fully saturated rings. The highest BCUT2D eigenvalue weighted by molar-refractivity contribution is 5.93.